The fourth-order valence-corrected chi connectivity index (χ4v) is 10.9. The molecule has 9 heteroatoms. The van der Waals surface area contributed by atoms with E-state index in [1.807, 2.05) is 18.4 Å². The number of nitrogens with zero attached hydrogens (tertiary/aromatic N) is 2. The Kier molecular flexibility index (Phi) is 11.4. The summed E-state index contributed by atoms with van der Waals surface area (Å²) >= 11 is 2.91. The molecule has 3 aliphatic carbocycles. The predicted octanol–water partition coefficient (Wildman–Crippen LogP) is 5.45. The first kappa shape index (κ1) is 38.9. The third-order valence-corrected chi connectivity index (χ3v) is 14.7. The van der Waals surface area contributed by atoms with Crippen LogP contribution < -0.4 is 21.5 Å². The van der Waals surface area contributed by atoms with E-state index in [0.29, 0.717) is 12.8 Å². The van der Waals surface area contributed by atoms with Crippen molar-refractivity contribution >= 4 is 34.9 Å². The first-order chi connectivity index (χ1) is 23.1. The number of benzene rings is 1. The van der Waals surface area contributed by atoms with Gasteiger partial charge in [0.2, 0.25) is 0 Å². The summed E-state index contributed by atoms with van der Waals surface area (Å²) < 4.78 is 9.39. The van der Waals surface area contributed by atoms with Gasteiger partial charge in [-0.05, 0) is 53.9 Å². The summed E-state index contributed by atoms with van der Waals surface area (Å²) in [4.78, 5) is 32.1. The lowest BCUT2D eigenvalue weighted by molar-refractivity contribution is -0.688. The van der Waals surface area contributed by atoms with Crippen molar-refractivity contribution in [1.29, 1.82) is 0 Å². The van der Waals surface area contributed by atoms with Crippen LogP contribution in [-0.4, -0.2) is 39.8 Å². The lowest BCUT2D eigenvalue weighted by Crippen LogP contribution is -3.00. The van der Waals surface area contributed by atoms with Gasteiger partial charge in [-0.25, -0.2) is 9.55 Å². The lowest BCUT2D eigenvalue weighted by Gasteiger charge is -2.61. The molecule has 270 valence electrons. The summed E-state index contributed by atoms with van der Waals surface area (Å²) in [6.07, 6.45) is 8.46. The van der Waals surface area contributed by atoms with Crippen LogP contribution in [0, 0.1) is 34.0 Å². The van der Waals surface area contributed by atoms with Crippen molar-refractivity contribution in [1.82, 2.24) is 4.98 Å². The van der Waals surface area contributed by atoms with E-state index in [0.717, 1.165) is 41.4 Å². The zero-order valence-corrected chi connectivity index (χ0v) is 33.8. The van der Waals surface area contributed by atoms with Crippen molar-refractivity contribution in [2.75, 3.05) is 5.75 Å². The topological polar surface area (TPSA) is 80.4 Å². The molecule has 3 aromatic rings. The average Bonchev–Trinajstić information content (AvgIpc) is 3.70. The van der Waals surface area contributed by atoms with Crippen molar-refractivity contribution < 1.29 is 41.0 Å². The largest absolute Gasteiger partial charge is 1.00 e. The molecule has 2 aromatic heterocycles. The summed E-state index contributed by atoms with van der Waals surface area (Å²) in [5.41, 5.74) is 3.19. The van der Waals surface area contributed by atoms with Gasteiger partial charge in [-0.2, -0.15) is 0 Å². The minimum absolute atomic E-state index is 0. The second-order valence-electron chi connectivity index (χ2n) is 16.6. The van der Waals surface area contributed by atoms with E-state index in [2.05, 4.69) is 101 Å². The number of pyridine rings is 1. The number of Topliss-reactive ketones (excluding diaryl/α,β-unsaturated/α-hetero) is 1. The third-order valence-electron chi connectivity index (χ3n) is 12.7. The molecule has 3 aliphatic rings. The highest BCUT2D eigenvalue weighted by Crippen LogP contribution is 2.68. The molecule has 0 unspecified atom stereocenters. The second kappa shape index (κ2) is 14.6. The average molecular weight is 782 g/mol. The van der Waals surface area contributed by atoms with Gasteiger partial charge in [-0.15, -0.1) is 17.9 Å². The number of hydrogen-bond donors (Lipinski definition) is 1. The molecular weight excluding hydrogens is 728 g/mol. The normalized spacial score (nSPS) is 32.3. The van der Waals surface area contributed by atoms with Crippen molar-refractivity contribution in [2.45, 2.75) is 109 Å². The zero-order chi connectivity index (χ0) is 35.4. The maximum absolute atomic E-state index is 13.7. The molecule has 2 heterocycles. The number of thiazole rings is 1. The molecule has 8 atom stereocenters. The van der Waals surface area contributed by atoms with Gasteiger partial charge in [-0.1, -0.05) is 90.6 Å². The molecule has 0 radical (unpaired) electrons. The molecule has 3 fully saturated rings. The molecule has 3 saturated carbocycles. The molecule has 0 aliphatic heterocycles. The number of thioether (sulfide) groups is 1. The maximum atomic E-state index is 13.7. The Morgan fingerprint density at radius 3 is 2.46 bits per heavy atom. The molecule has 6 rings (SSSR count). The van der Waals surface area contributed by atoms with Gasteiger partial charge >= 0.3 is 5.97 Å². The number of aliphatic hydroxyl groups excluding tert-OH is 1. The Hall–Kier alpha value is -2.33. The summed E-state index contributed by atoms with van der Waals surface area (Å²) in [6, 6.07) is 13.0. The van der Waals surface area contributed by atoms with E-state index in [1.54, 1.807) is 0 Å². The van der Waals surface area contributed by atoms with Crippen LogP contribution >= 0.6 is 23.1 Å². The quantitative estimate of drug-likeness (QED) is 0.142. The van der Waals surface area contributed by atoms with Crippen LogP contribution in [0.2, 0.25) is 0 Å². The summed E-state index contributed by atoms with van der Waals surface area (Å²) in [5.74, 6) is 0.00746. The zero-order valence-electron chi connectivity index (χ0n) is 30.6. The van der Waals surface area contributed by atoms with Crippen molar-refractivity contribution in [3.05, 3.63) is 78.0 Å². The Labute approximate surface area is 317 Å². The number of carbonyl (C=O) groups is 2. The highest BCUT2D eigenvalue weighted by molar-refractivity contribution is 8.01. The maximum Gasteiger partial charge on any atom is 0.316 e. The number of rotatable bonds is 8. The van der Waals surface area contributed by atoms with Gasteiger partial charge in [0.15, 0.2) is 23.3 Å². The molecule has 0 saturated heterocycles. The first-order valence-corrected chi connectivity index (χ1v) is 19.7. The smallest absolute Gasteiger partial charge is 0.316 e. The Morgan fingerprint density at radius 2 is 1.82 bits per heavy atom. The summed E-state index contributed by atoms with van der Waals surface area (Å²) in [7, 11) is 0. The molecular formula is C41H53BrN2O4S2. The highest BCUT2D eigenvalue weighted by Gasteiger charge is 2.68. The number of aliphatic hydroxyl groups is 1. The van der Waals surface area contributed by atoms with Crippen molar-refractivity contribution in [2.24, 2.45) is 34.0 Å². The summed E-state index contributed by atoms with van der Waals surface area (Å²) in [6.45, 7) is 20.1. The van der Waals surface area contributed by atoms with Crippen LogP contribution in [0.1, 0.15) is 91.7 Å². The van der Waals surface area contributed by atoms with E-state index in [-0.39, 0.29) is 63.1 Å². The molecule has 6 nitrogen and oxygen atoms in total. The van der Waals surface area contributed by atoms with Gasteiger partial charge in [0.05, 0.1) is 17.6 Å². The lowest BCUT2D eigenvalue weighted by atomic mass is 9.44. The van der Waals surface area contributed by atoms with Crippen molar-refractivity contribution in [3.63, 3.8) is 0 Å². The molecule has 2 bridgehead atoms. The standard InChI is InChI=1S/C41H53N2O4S2.BrH/c1-9-39(7)22-33(40(8)26(2)14-18-41(27(3)36(39)46)19-15-32(44)35(40)41)47-34(45)25-49-37-42-31(24-48-37)29-16-20-43(21-17-29)23-28-10-12-30(13-11-28)38(4,5)6;/h9-13,16-17,20-21,24,26-27,33,35-36,46H,1,14-15,18-19,22-23,25H2,2-8H3;1H/q+1;/p-1/t26-,27+,33-,35+,36+,39-,40+,41+;/m1./s1. The highest BCUT2D eigenvalue weighted by atomic mass is 79.9. The van der Waals surface area contributed by atoms with Crippen molar-refractivity contribution in [3.8, 4) is 11.3 Å². The molecule has 0 spiro atoms. The first-order valence-electron chi connectivity index (χ1n) is 17.8. The van der Waals surface area contributed by atoms with Gasteiger partial charge in [0, 0.05) is 51.8 Å². The number of ketones is 1. The number of halogens is 1. The molecule has 0 amide bonds. The van der Waals surface area contributed by atoms with Gasteiger partial charge in [-0.3, -0.25) is 9.59 Å². The number of ether oxygens (including phenoxy) is 1. The van der Waals surface area contributed by atoms with E-state index in [9.17, 15) is 14.7 Å². The Balaban J connectivity index is 0.00000486. The van der Waals surface area contributed by atoms with Gasteiger partial charge < -0.3 is 26.8 Å². The van der Waals surface area contributed by atoms with Crippen LogP contribution in [0.3, 0.4) is 0 Å². The van der Waals surface area contributed by atoms with E-state index in [1.165, 1.54) is 34.2 Å². The SMILES string of the molecule is C=C[C@]1(C)C[C@@H](OC(=O)CSc2nc(-c3cc[n+](Cc4ccc(C(C)(C)C)cc4)cc3)cs2)[C@]2(C)[C@H](C)CC[C@]3(CCC(=O)[C@H]32)[C@@H](C)[C@@H]1O.[Br-]. The fraction of sp³-hybridized carbons (Fsp3) is 0.561. The Morgan fingerprint density at radius 1 is 1.14 bits per heavy atom. The van der Waals surface area contributed by atoms with E-state index >= 15 is 0 Å². The van der Waals surface area contributed by atoms with Crippen LogP contribution in [0.5, 0.6) is 0 Å². The van der Waals surface area contributed by atoms with Crippen LogP contribution in [-0.2, 0) is 26.3 Å². The molecule has 1 N–H and O–H groups in total. The molecule has 50 heavy (non-hydrogen) atoms. The van der Waals surface area contributed by atoms with Gasteiger partial charge in [0.25, 0.3) is 0 Å². The van der Waals surface area contributed by atoms with Crippen LogP contribution in [0.15, 0.2) is 71.2 Å². The monoisotopic (exact) mass is 780 g/mol. The minimum Gasteiger partial charge on any atom is -1.00 e. The Bertz CT molecular complexity index is 1700. The number of esters is 1. The van der Waals surface area contributed by atoms with E-state index < -0.39 is 23.0 Å². The second-order valence-corrected chi connectivity index (χ2v) is 18.6. The minimum atomic E-state index is -0.673. The molecule has 1 aromatic carbocycles. The van der Waals surface area contributed by atoms with E-state index in [4.69, 9.17) is 9.72 Å². The number of aromatic nitrogens is 2. The predicted molar refractivity (Wildman–Crippen MR) is 197 cm³/mol. The number of hydrogen-bond acceptors (Lipinski definition) is 7. The fourth-order valence-electron chi connectivity index (χ4n) is 9.33. The van der Waals surface area contributed by atoms with Crippen LogP contribution in [0.25, 0.3) is 11.3 Å². The number of carbonyl (C=O) groups excluding carboxylic acids is 2. The van der Waals surface area contributed by atoms with Gasteiger partial charge in [0.1, 0.15) is 11.9 Å². The van der Waals surface area contributed by atoms with Crippen LogP contribution in [0.4, 0.5) is 0 Å². The third kappa shape index (κ3) is 7.05. The summed E-state index contributed by atoms with van der Waals surface area (Å²) in [5, 5.41) is 13.8.